The fourth-order valence-electron chi connectivity index (χ4n) is 1.54. The van der Waals surface area contributed by atoms with Crippen LogP contribution in [0.1, 0.15) is 32.3 Å². The molecule has 0 aliphatic carbocycles. The van der Waals surface area contributed by atoms with Crippen molar-refractivity contribution in [2.45, 2.75) is 39.2 Å². The summed E-state index contributed by atoms with van der Waals surface area (Å²) in [5.41, 5.74) is -0.518. The molecule has 0 bridgehead atoms. The van der Waals surface area contributed by atoms with Crippen molar-refractivity contribution >= 4 is 5.69 Å². The van der Waals surface area contributed by atoms with Gasteiger partial charge in [0.2, 0.25) is 0 Å². The molecule has 0 amide bonds. The highest BCUT2D eigenvalue weighted by Crippen LogP contribution is 2.21. The van der Waals surface area contributed by atoms with E-state index in [9.17, 15) is 13.9 Å². The number of halogens is 2. The zero-order chi connectivity index (χ0) is 13.1. The second-order valence-corrected chi connectivity index (χ2v) is 4.37. The topological polar surface area (TPSA) is 32.3 Å². The first-order valence-electron chi connectivity index (χ1n) is 5.83. The molecule has 4 heteroatoms. The van der Waals surface area contributed by atoms with Crippen LogP contribution in [0.2, 0.25) is 0 Å². The molecule has 0 unspecified atom stereocenters. The van der Waals surface area contributed by atoms with E-state index in [4.69, 9.17) is 0 Å². The average Bonchev–Trinajstić information content (AvgIpc) is 2.32. The Bertz CT molecular complexity index is 389. The second-order valence-electron chi connectivity index (χ2n) is 4.37. The molecule has 0 fully saturated rings. The quantitative estimate of drug-likeness (QED) is 0.832. The van der Waals surface area contributed by atoms with Gasteiger partial charge in [0.15, 0.2) is 0 Å². The van der Waals surface area contributed by atoms with Crippen LogP contribution in [0.25, 0.3) is 0 Å². The molecule has 1 rings (SSSR count). The van der Waals surface area contributed by atoms with Gasteiger partial charge in [0.1, 0.15) is 11.6 Å². The first kappa shape index (κ1) is 13.9. The van der Waals surface area contributed by atoms with E-state index in [2.05, 4.69) is 5.32 Å². The molecule has 0 atom stereocenters. The summed E-state index contributed by atoms with van der Waals surface area (Å²) < 4.78 is 26.8. The van der Waals surface area contributed by atoms with Crippen LogP contribution in [0.5, 0.6) is 0 Å². The minimum atomic E-state index is -0.881. The van der Waals surface area contributed by atoms with Crippen LogP contribution in [0.15, 0.2) is 12.1 Å². The number of hydrogen-bond donors (Lipinski definition) is 2. The van der Waals surface area contributed by atoms with Gasteiger partial charge in [-0.15, -0.1) is 0 Å². The molecule has 0 aliphatic rings. The van der Waals surface area contributed by atoms with E-state index < -0.39 is 17.2 Å². The highest BCUT2D eigenvalue weighted by Gasteiger charge is 2.22. The molecule has 0 spiro atoms. The Morgan fingerprint density at radius 3 is 2.29 bits per heavy atom. The molecular formula is C13H19F2NO. The Labute approximate surface area is 101 Å². The summed E-state index contributed by atoms with van der Waals surface area (Å²) in [4.78, 5) is 0. The Hall–Kier alpha value is -1.16. The smallest absolute Gasteiger partial charge is 0.146 e. The van der Waals surface area contributed by atoms with Gasteiger partial charge in [0, 0.05) is 12.6 Å². The monoisotopic (exact) mass is 243 g/mol. The molecule has 0 aromatic heterocycles. The molecule has 1 aromatic carbocycles. The van der Waals surface area contributed by atoms with Gasteiger partial charge >= 0.3 is 0 Å². The maximum absolute atomic E-state index is 13.5. The van der Waals surface area contributed by atoms with Crippen molar-refractivity contribution in [3.63, 3.8) is 0 Å². The lowest BCUT2D eigenvalue weighted by Gasteiger charge is -2.26. The molecule has 0 heterocycles. The Balaban J connectivity index is 2.79. The van der Waals surface area contributed by atoms with Crippen LogP contribution in [-0.2, 0) is 0 Å². The largest absolute Gasteiger partial charge is 0.388 e. The Morgan fingerprint density at radius 2 is 1.76 bits per heavy atom. The average molecular weight is 243 g/mol. The summed E-state index contributed by atoms with van der Waals surface area (Å²) >= 11 is 0. The molecule has 0 radical (unpaired) electrons. The van der Waals surface area contributed by atoms with E-state index in [-0.39, 0.29) is 17.8 Å². The fraction of sp³-hybridized carbons (Fsp3) is 0.538. The molecular weight excluding hydrogens is 224 g/mol. The summed E-state index contributed by atoms with van der Waals surface area (Å²) in [6.45, 7) is 5.44. The second kappa shape index (κ2) is 5.45. The third-order valence-corrected chi connectivity index (χ3v) is 3.17. The number of benzene rings is 1. The SMILES string of the molecule is CCC(O)(CC)CNc1cc(F)c(C)cc1F. The molecule has 0 aliphatic heterocycles. The number of rotatable bonds is 5. The van der Waals surface area contributed by atoms with Gasteiger partial charge in [0.05, 0.1) is 11.3 Å². The minimum Gasteiger partial charge on any atom is -0.388 e. The van der Waals surface area contributed by atoms with Gasteiger partial charge in [-0.1, -0.05) is 13.8 Å². The van der Waals surface area contributed by atoms with Crippen LogP contribution in [0, 0.1) is 18.6 Å². The standard InChI is InChI=1S/C13H19F2NO/c1-4-13(17,5-2)8-16-12-7-10(14)9(3)6-11(12)15/h6-7,16-17H,4-5,8H2,1-3H3. The third kappa shape index (κ3) is 3.40. The molecule has 2 nitrogen and oxygen atoms in total. The maximum atomic E-state index is 13.5. The Kier molecular flexibility index (Phi) is 4.46. The predicted molar refractivity (Wildman–Crippen MR) is 65.1 cm³/mol. The van der Waals surface area contributed by atoms with Gasteiger partial charge < -0.3 is 10.4 Å². The van der Waals surface area contributed by atoms with Crippen molar-refractivity contribution in [1.29, 1.82) is 0 Å². The first-order chi connectivity index (χ1) is 7.91. The van der Waals surface area contributed by atoms with Crippen molar-refractivity contribution in [2.75, 3.05) is 11.9 Å². The lowest BCUT2D eigenvalue weighted by atomic mass is 9.97. The van der Waals surface area contributed by atoms with Gasteiger partial charge in [-0.05, 0) is 31.4 Å². The van der Waals surface area contributed by atoms with E-state index >= 15 is 0 Å². The molecule has 2 N–H and O–H groups in total. The van der Waals surface area contributed by atoms with Crippen molar-refractivity contribution in [3.05, 3.63) is 29.3 Å². The molecule has 17 heavy (non-hydrogen) atoms. The lowest BCUT2D eigenvalue weighted by Crippen LogP contribution is -2.35. The summed E-state index contributed by atoms with van der Waals surface area (Å²) in [6.07, 6.45) is 1.12. The van der Waals surface area contributed by atoms with Gasteiger partial charge in [-0.25, -0.2) is 8.78 Å². The van der Waals surface area contributed by atoms with E-state index in [1.165, 1.54) is 6.92 Å². The van der Waals surface area contributed by atoms with Crippen LogP contribution < -0.4 is 5.32 Å². The van der Waals surface area contributed by atoms with E-state index in [0.717, 1.165) is 12.1 Å². The minimum absolute atomic E-state index is 0.0911. The number of aliphatic hydroxyl groups is 1. The highest BCUT2D eigenvalue weighted by molar-refractivity contribution is 5.47. The van der Waals surface area contributed by atoms with Crippen molar-refractivity contribution in [3.8, 4) is 0 Å². The number of anilines is 1. The molecule has 96 valence electrons. The zero-order valence-electron chi connectivity index (χ0n) is 10.5. The first-order valence-corrected chi connectivity index (χ1v) is 5.83. The van der Waals surface area contributed by atoms with Gasteiger partial charge in [-0.2, -0.15) is 0 Å². The normalized spacial score (nSPS) is 11.6. The number of aryl methyl sites for hydroxylation is 1. The van der Waals surface area contributed by atoms with Crippen molar-refractivity contribution in [1.82, 2.24) is 0 Å². The maximum Gasteiger partial charge on any atom is 0.146 e. The van der Waals surface area contributed by atoms with Crippen LogP contribution in [-0.4, -0.2) is 17.3 Å². The van der Waals surface area contributed by atoms with Gasteiger partial charge in [-0.3, -0.25) is 0 Å². The molecule has 1 aromatic rings. The fourth-order valence-corrected chi connectivity index (χ4v) is 1.54. The zero-order valence-corrected chi connectivity index (χ0v) is 10.5. The summed E-state index contributed by atoms with van der Waals surface area (Å²) in [6, 6.07) is 2.27. The van der Waals surface area contributed by atoms with Gasteiger partial charge in [0.25, 0.3) is 0 Å². The third-order valence-electron chi connectivity index (χ3n) is 3.17. The summed E-state index contributed by atoms with van der Waals surface area (Å²) in [5, 5.41) is 12.8. The predicted octanol–water partition coefficient (Wildman–Crippen LogP) is 3.24. The van der Waals surface area contributed by atoms with Crippen LogP contribution in [0.3, 0.4) is 0 Å². The van der Waals surface area contributed by atoms with Crippen LogP contribution >= 0.6 is 0 Å². The lowest BCUT2D eigenvalue weighted by molar-refractivity contribution is 0.0456. The van der Waals surface area contributed by atoms with E-state index in [1.54, 1.807) is 0 Å². The van der Waals surface area contributed by atoms with Crippen LogP contribution in [0.4, 0.5) is 14.5 Å². The Morgan fingerprint density at radius 1 is 1.18 bits per heavy atom. The number of nitrogens with one attached hydrogen (secondary N) is 1. The summed E-state index contributed by atoms with van der Waals surface area (Å²) in [7, 11) is 0. The van der Waals surface area contributed by atoms with E-state index in [1.807, 2.05) is 13.8 Å². The van der Waals surface area contributed by atoms with Crippen molar-refractivity contribution < 1.29 is 13.9 Å². The molecule has 0 saturated heterocycles. The molecule has 0 saturated carbocycles. The summed E-state index contributed by atoms with van der Waals surface area (Å²) in [5.74, 6) is -0.955. The number of hydrogen-bond acceptors (Lipinski definition) is 2. The van der Waals surface area contributed by atoms with Crippen molar-refractivity contribution in [2.24, 2.45) is 0 Å². The highest BCUT2D eigenvalue weighted by atomic mass is 19.1. The van der Waals surface area contributed by atoms with E-state index in [0.29, 0.717) is 12.8 Å².